The predicted molar refractivity (Wildman–Crippen MR) is 158 cm³/mol. The summed E-state index contributed by atoms with van der Waals surface area (Å²) in [7, 11) is 0. The molecule has 44 heavy (non-hydrogen) atoms. The maximum Gasteiger partial charge on any atom is 0.433 e. The molecule has 4 aromatic rings. The second-order valence-corrected chi connectivity index (χ2v) is 12.2. The van der Waals surface area contributed by atoms with Gasteiger partial charge in [-0.3, -0.25) is 9.59 Å². The van der Waals surface area contributed by atoms with Crippen LogP contribution in [0.5, 0.6) is 0 Å². The number of amides is 2. The Labute approximate surface area is 255 Å². The van der Waals surface area contributed by atoms with Crippen molar-refractivity contribution in [1.29, 1.82) is 0 Å². The van der Waals surface area contributed by atoms with Crippen molar-refractivity contribution in [2.24, 2.45) is 5.92 Å². The molecular weight excluding hydrogens is 593 g/mol. The number of nitrogens with zero attached hydrogens (tertiary/aromatic N) is 3. The van der Waals surface area contributed by atoms with Gasteiger partial charge in [-0.1, -0.05) is 18.2 Å². The highest BCUT2D eigenvalue weighted by Crippen LogP contribution is 2.43. The van der Waals surface area contributed by atoms with E-state index in [2.05, 4.69) is 30.9 Å². The van der Waals surface area contributed by atoms with E-state index in [-0.39, 0.29) is 23.7 Å². The number of hydrogen-bond donors (Lipinski definition) is 4. The highest BCUT2D eigenvalue weighted by atomic mass is 32.1. The molecule has 0 bridgehead atoms. The second kappa shape index (κ2) is 11.6. The fourth-order valence-electron chi connectivity index (χ4n) is 5.63. The molecule has 0 spiro atoms. The Morgan fingerprint density at radius 3 is 2.70 bits per heavy atom. The smallest absolute Gasteiger partial charge is 0.383 e. The summed E-state index contributed by atoms with van der Waals surface area (Å²) < 4.78 is 39.2. The van der Waals surface area contributed by atoms with Crippen LogP contribution < -0.4 is 16.0 Å². The van der Waals surface area contributed by atoms with Gasteiger partial charge in [0.05, 0.1) is 4.88 Å². The average Bonchev–Trinajstić information content (AvgIpc) is 3.64. The first-order chi connectivity index (χ1) is 21.0. The third-order valence-corrected chi connectivity index (χ3v) is 9.21. The number of aryl methyl sites for hydroxylation is 1. The van der Waals surface area contributed by atoms with Crippen molar-refractivity contribution in [2.45, 2.75) is 57.5 Å². The van der Waals surface area contributed by atoms with Gasteiger partial charge in [-0.25, -0.2) is 15.0 Å². The topological polar surface area (TPSA) is 129 Å². The minimum absolute atomic E-state index is 0.0638. The predicted octanol–water partition coefficient (Wildman–Crippen LogP) is 5.61. The number of thiazole rings is 1. The van der Waals surface area contributed by atoms with Crippen molar-refractivity contribution in [3.63, 3.8) is 0 Å². The molecule has 4 N–H and O–H groups in total. The Kier molecular flexibility index (Phi) is 7.84. The summed E-state index contributed by atoms with van der Waals surface area (Å²) in [5.41, 5.74) is 2.49. The van der Waals surface area contributed by atoms with Crippen LogP contribution in [0.4, 0.5) is 24.8 Å². The van der Waals surface area contributed by atoms with Crippen LogP contribution >= 0.6 is 11.3 Å². The minimum atomic E-state index is -4.58. The van der Waals surface area contributed by atoms with Crippen LogP contribution in [-0.2, 0) is 29.7 Å². The number of carbonyl (C=O) groups is 2. The van der Waals surface area contributed by atoms with Crippen molar-refractivity contribution in [1.82, 2.24) is 25.6 Å². The van der Waals surface area contributed by atoms with E-state index in [4.69, 9.17) is 0 Å². The molecule has 0 unspecified atom stereocenters. The second-order valence-electron chi connectivity index (χ2n) is 11.2. The van der Waals surface area contributed by atoms with Gasteiger partial charge >= 0.3 is 6.18 Å². The average molecular weight is 623 g/mol. The molecule has 2 aromatic carbocycles. The summed E-state index contributed by atoms with van der Waals surface area (Å²) in [5.74, 6) is -0.540. The van der Waals surface area contributed by atoms with Gasteiger partial charge in [0.2, 0.25) is 11.9 Å². The zero-order valence-electron chi connectivity index (χ0n) is 23.7. The maximum atomic E-state index is 13.1. The van der Waals surface area contributed by atoms with Gasteiger partial charge in [-0.05, 0) is 79.1 Å². The van der Waals surface area contributed by atoms with Crippen molar-refractivity contribution in [3.8, 4) is 10.4 Å². The van der Waals surface area contributed by atoms with Crippen molar-refractivity contribution >= 4 is 34.8 Å². The Morgan fingerprint density at radius 2 is 1.93 bits per heavy atom. The van der Waals surface area contributed by atoms with Gasteiger partial charge in [-0.2, -0.15) is 13.2 Å². The Hall–Kier alpha value is -4.36. The van der Waals surface area contributed by atoms with Gasteiger partial charge in [-0.15, -0.1) is 11.3 Å². The molecule has 1 aliphatic carbocycles. The molecule has 6 rings (SSSR count). The first kappa shape index (κ1) is 29.7. The van der Waals surface area contributed by atoms with E-state index < -0.39 is 17.5 Å². The first-order valence-corrected chi connectivity index (χ1v) is 14.9. The number of aromatic nitrogens is 3. The SMILES string of the molecule is Cc1cc(Nc2nccc(C(F)(F)F)n2)cc(-c2cnc([C@]3(O)CC[C@@H](C(=O)NCc4ccc5c(c4)CNC5=O)CC3)s2)c1. The standard InChI is InChI=1S/C31H29F3N6O3S/c1-17-10-20(13-22(11-17)39-29-35-9-6-25(40-29)31(32,33)34)24-16-38-28(44-24)30(43)7-4-19(5-8-30)26(41)36-14-18-2-3-23-21(12-18)15-37-27(23)42/h2-3,6,9-13,16,19,43H,4-5,7-8,14-15H2,1H3,(H,36,41)(H,37,42)(H,35,39,40)/t19-,30+. The number of nitrogens with one attached hydrogen (secondary N) is 3. The molecule has 2 aromatic heterocycles. The largest absolute Gasteiger partial charge is 0.433 e. The number of rotatable bonds is 7. The molecule has 1 aliphatic heterocycles. The molecule has 1 saturated carbocycles. The third-order valence-electron chi connectivity index (χ3n) is 7.97. The molecule has 0 radical (unpaired) electrons. The van der Waals surface area contributed by atoms with Crippen LogP contribution in [0.25, 0.3) is 10.4 Å². The monoisotopic (exact) mass is 622 g/mol. The van der Waals surface area contributed by atoms with Crippen molar-refractivity contribution < 1.29 is 27.9 Å². The molecule has 1 fully saturated rings. The molecular formula is C31H29F3N6O3S. The van der Waals surface area contributed by atoms with Gasteiger partial charge in [0, 0.05) is 42.7 Å². The molecule has 2 aliphatic rings. The number of halogens is 3. The summed E-state index contributed by atoms with van der Waals surface area (Å²) in [6, 6.07) is 11.8. The van der Waals surface area contributed by atoms with Gasteiger partial charge < -0.3 is 21.1 Å². The maximum absolute atomic E-state index is 13.1. The summed E-state index contributed by atoms with van der Waals surface area (Å²) in [6.07, 6.45) is -0.0559. The Bertz CT molecular complexity index is 1730. The lowest BCUT2D eigenvalue weighted by atomic mass is 9.78. The minimum Gasteiger partial charge on any atom is -0.383 e. The lowest BCUT2D eigenvalue weighted by molar-refractivity contribution is -0.141. The zero-order valence-corrected chi connectivity index (χ0v) is 24.5. The number of aliphatic hydroxyl groups is 1. The molecule has 0 saturated heterocycles. The zero-order chi connectivity index (χ0) is 31.1. The normalized spacial score (nSPS) is 19.8. The van der Waals surface area contributed by atoms with E-state index in [1.54, 1.807) is 24.4 Å². The van der Waals surface area contributed by atoms with E-state index in [1.165, 1.54) is 11.3 Å². The van der Waals surface area contributed by atoms with Crippen LogP contribution in [0.1, 0.15) is 63.4 Å². The Balaban J connectivity index is 1.08. The van der Waals surface area contributed by atoms with Crippen LogP contribution in [-0.4, -0.2) is 31.9 Å². The molecule has 2 amide bonds. The van der Waals surface area contributed by atoms with Gasteiger partial charge in [0.1, 0.15) is 16.3 Å². The fraction of sp³-hybridized carbons (Fsp3) is 0.323. The van der Waals surface area contributed by atoms with Crippen LogP contribution in [0, 0.1) is 12.8 Å². The van der Waals surface area contributed by atoms with Gasteiger partial charge in [0.15, 0.2) is 0 Å². The highest BCUT2D eigenvalue weighted by molar-refractivity contribution is 7.15. The van der Waals surface area contributed by atoms with E-state index in [1.807, 2.05) is 25.1 Å². The summed E-state index contributed by atoms with van der Waals surface area (Å²) in [6.45, 7) is 2.72. The van der Waals surface area contributed by atoms with Crippen LogP contribution in [0.2, 0.25) is 0 Å². The van der Waals surface area contributed by atoms with Crippen molar-refractivity contribution in [2.75, 3.05) is 5.32 Å². The third kappa shape index (κ3) is 6.29. The Morgan fingerprint density at radius 1 is 1.14 bits per heavy atom. The number of carbonyl (C=O) groups excluding carboxylic acids is 2. The quantitative estimate of drug-likeness (QED) is 0.211. The molecule has 13 heteroatoms. The van der Waals surface area contributed by atoms with Gasteiger partial charge in [0.25, 0.3) is 5.91 Å². The van der Waals surface area contributed by atoms with Crippen LogP contribution in [0.15, 0.2) is 54.9 Å². The highest BCUT2D eigenvalue weighted by Gasteiger charge is 2.39. The summed E-state index contributed by atoms with van der Waals surface area (Å²) in [4.78, 5) is 37.5. The van der Waals surface area contributed by atoms with E-state index >= 15 is 0 Å². The first-order valence-electron chi connectivity index (χ1n) is 14.1. The number of anilines is 2. The van der Waals surface area contributed by atoms with E-state index in [0.29, 0.717) is 55.0 Å². The van der Waals surface area contributed by atoms with E-state index in [0.717, 1.165) is 39.4 Å². The number of benzene rings is 2. The number of hydrogen-bond acceptors (Lipinski definition) is 8. The van der Waals surface area contributed by atoms with Crippen molar-refractivity contribution in [3.05, 3.63) is 87.8 Å². The number of alkyl halides is 3. The molecule has 0 atom stereocenters. The van der Waals surface area contributed by atoms with E-state index in [9.17, 15) is 27.9 Å². The summed E-state index contributed by atoms with van der Waals surface area (Å²) in [5, 5.41) is 20.7. The lowest BCUT2D eigenvalue weighted by Crippen LogP contribution is -2.38. The number of fused-ring (bicyclic) bond motifs is 1. The molecule has 228 valence electrons. The van der Waals surface area contributed by atoms with Crippen LogP contribution in [0.3, 0.4) is 0 Å². The summed E-state index contributed by atoms with van der Waals surface area (Å²) >= 11 is 1.35. The fourth-order valence-corrected chi connectivity index (χ4v) is 6.68. The lowest BCUT2D eigenvalue weighted by Gasteiger charge is -2.33. The molecule has 9 nitrogen and oxygen atoms in total. The molecule has 3 heterocycles.